The number of carbonyl (C=O) groups excluding carboxylic acids is 1. The van der Waals surface area contributed by atoms with Gasteiger partial charge in [0.05, 0.1) is 11.7 Å². The van der Waals surface area contributed by atoms with E-state index in [1.165, 1.54) is 11.6 Å². The number of benzene rings is 1. The molecule has 0 fully saturated rings. The third kappa shape index (κ3) is 1.54. The first-order valence-corrected chi connectivity index (χ1v) is 5.38. The second-order valence-electron chi connectivity index (χ2n) is 3.93. The molecule has 4 nitrogen and oxygen atoms in total. The number of H-pyrrole nitrogens is 1. The lowest BCUT2D eigenvalue weighted by Crippen LogP contribution is -2.06. The fourth-order valence-electron chi connectivity index (χ4n) is 1.96. The molecule has 3 rings (SSSR count). The summed E-state index contributed by atoms with van der Waals surface area (Å²) in [5, 5.41) is 5.04. The molecule has 0 bridgehead atoms. The molecule has 0 radical (unpaired) electrons. The monoisotopic (exact) mass is 225 g/mol. The van der Waals surface area contributed by atoms with Crippen LogP contribution in [0.2, 0.25) is 0 Å². The molecular formula is C13H11N3O. The third-order valence-electron chi connectivity index (χ3n) is 2.78. The Morgan fingerprint density at radius 2 is 2.24 bits per heavy atom. The van der Waals surface area contributed by atoms with Crippen molar-refractivity contribution in [2.45, 2.75) is 6.92 Å². The van der Waals surface area contributed by atoms with E-state index < -0.39 is 0 Å². The molecule has 3 aromatic rings. The second kappa shape index (κ2) is 3.59. The number of carbonyl (C=O) groups is 1. The molecule has 1 N–H and O–H groups in total. The lowest BCUT2D eigenvalue weighted by atomic mass is 10.1. The van der Waals surface area contributed by atoms with Gasteiger partial charge in [0.1, 0.15) is 0 Å². The fraction of sp³-hybridized carbons (Fsp3) is 0.0769. The molecular weight excluding hydrogens is 214 g/mol. The highest BCUT2D eigenvalue weighted by Crippen LogP contribution is 2.22. The summed E-state index contributed by atoms with van der Waals surface area (Å²) in [4.78, 5) is 14.5. The minimum atomic E-state index is -0.0763. The SMILES string of the molecule is CC(=O)n1ncc2cc(-c3ccc[nH]3)ccc21. The molecule has 84 valence electrons. The van der Waals surface area contributed by atoms with Crippen molar-refractivity contribution < 1.29 is 4.79 Å². The van der Waals surface area contributed by atoms with Gasteiger partial charge in [-0.05, 0) is 29.8 Å². The van der Waals surface area contributed by atoms with Gasteiger partial charge < -0.3 is 4.98 Å². The quantitative estimate of drug-likeness (QED) is 0.692. The number of fused-ring (bicyclic) bond motifs is 1. The van der Waals surface area contributed by atoms with Crippen LogP contribution in [-0.2, 0) is 0 Å². The summed E-state index contributed by atoms with van der Waals surface area (Å²) in [5.41, 5.74) is 2.99. The summed E-state index contributed by atoms with van der Waals surface area (Å²) < 4.78 is 1.41. The number of rotatable bonds is 1. The minimum absolute atomic E-state index is 0.0763. The summed E-state index contributed by atoms with van der Waals surface area (Å²) in [6.45, 7) is 1.51. The van der Waals surface area contributed by atoms with Crippen molar-refractivity contribution in [3.05, 3.63) is 42.7 Å². The molecule has 1 aromatic carbocycles. The van der Waals surface area contributed by atoms with E-state index in [1.54, 1.807) is 6.20 Å². The maximum Gasteiger partial charge on any atom is 0.244 e. The Labute approximate surface area is 97.9 Å². The van der Waals surface area contributed by atoms with Gasteiger partial charge >= 0.3 is 0 Å². The predicted octanol–water partition coefficient (Wildman–Crippen LogP) is 2.69. The first-order valence-electron chi connectivity index (χ1n) is 5.38. The zero-order valence-corrected chi connectivity index (χ0v) is 9.34. The van der Waals surface area contributed by atoms with Crippen molar-refractivity contribution in [3.8, 4) is 11.3 Å². The van der Waals surface area contributed by atoms with Crippen LogP contribution in [-0.4, -0.2) is 20.7 Å². The van der Waals surface area contributed by atoms with Crippen molar-refractivity contribution in [3.63, 3.8) is 0 Å². The number of nitrogens with one attached hydrogen (secondary N) is 1. The molecule has 0 unspecified atom stereocenters. The molecule has 0 aliphatic heterocycles. The maximum atomic E-state index is 11.3. The number of nitrogens with zero attached hydrogens (tertiary/aromatic N) is 2. The van der Waals surface area contributed by atoms with Gasteiger partial charge in [0.15, 0.2) is 0 Å². The molecule has 0 spiro atoms. The molecule has 0 aliphatic carbocycles. The number of hydrogen-bond acceptors (Lipinski definition) is 2. The Balaban J connectivity index is 2.18. The lowest BCUT2D eigenvalue weighted by Gasteiger charge is -2.00. The van der Waals surface area contributed by atoms with Crippen molar-refractivity contribution in [2.24, 2.45) is 0 Å². The Hall–Kier alpha value is -2.36. The largest absolute Gasteiger partial charge is 0.361 e. The molecule has 2 heterocycles. The average molecular weight is 225 g/mol. The fourth-order valence-corrected chi connectivity index (χ4v) is 1.96. The van der Waals surface area contributed by atoms with E-state index in [2.05, 4.69) is 10.1 Å². The molecule has 0 atom stereocenters. The van der Waals surface area contributed by atoms with Gasteiger partial charge in [0, 0.05) is 24.2 Å². The summed E-state index contributed by atoms with van der Waals surface area (Å²) in [5.74, 6) is -0.0763. The van der Waals surface area contributed by atoms with Gasteiger partial charge in [-0.25, -0.2) is 4.68 Å². The lowest BCUT2D eigenvalue weighted by molar-refractivity contribution is 0.0927. The minimum Gasteiger partial charge on any atom is -0.361 e. The topological polar surface area (TPSA) is 50.7 Å². The van der Waals surface area contributed by atoms with Crippen LogP contribution in [0.25, 0.3) is 22.2 Å². The van der Waals surface area contributed by atoms with Crippen LogP contribution in [0.4, 0.5) is 0 Å². The number of hydrogen-bond donors (Lipinski definition) is 1. The van der Waals surface area contributed by atoms with Crippen LogP contribution in [0.5, 0.6) is 0 Å². The second-order valence-corrected chi connectivity index (χ2v) is 3.93. The Morgan fingerprint density at radius 3 is 2.94 bits per heavy atom. The summed E-state index contributed by atoms with van der Waals surface area (Å²) in [7, 11) is 0. The zero-order valence-electron chi connectivity index (χ0n) is 9.34. The Bertz CT molecular complexity index is 680. The van der Waals surface area contributed by atoms with Gasteiger partial charge in [-0.2, -0.15) is 5.10 Å². The van der Waals surface area contributed by atoms with E-state index in [9.17, 15) is 4.79 Å². The first kappa shape index (κ1) is 9.84. The third-order valence-corrected chi connectivity index (χ3v) is 2.78. The van der Waals surface area contributed by atoms with Gasteiger partial charge in [0.2, 0.25) is 5.91 Å². The molecule has 0 aliphatic rings. The van der Waals surface area contributed by atoms with E-state index in [-0.39, 0.29) is 5.91 Å². The van der Waals surface area contributed by atoms with E-state index in [4.69, 9.17) is 0 Å². The Kier molecular flexibility index (Phi) is 2.08. The van der Waals surface area contributed by atoms with Gasteiger partial charge in [-0.1, -0.05) is 6.07 Å². The van der Waals surface area contributed by atoms with E-state index in [1.807, 2.05) is 36.5 Å². The molecule has 0 saturated carbocycles. The highest BCUT2D eigenvalue weighted by molar-refractivity contribution is 5.91. The summed E-state index contributed by atoms with van der Waals surface area (Å²) in [6.07, 6.45) is 3.60. The number of aromatic amines is 1. The first-order chi connectivity index (χ1) is 8.25. The molecule has 0 saturated heterocycles. The molecule has 17 heavy (non-hydrogen) atoms. The highest BCUT2D eigenvalue weighted by Gasteiger charge is 2.07. The van der Waals surface area contributed by atoms with Gasteiger partial charge in [-0.15, -0.1) is 0 Å². The molecule has 4 heteroatoms. The average Bonchev–Trinajstić information content (AvgIpc) is 2.97. The summed E-state index contributed by atoms with van der Waals surface area (Å²) >= 11 is 0. The van der Waals surface area contributed by atoms with Crippen LogP contribution in [0.3, 0.4) is 0 Å². The van der Waals surface area contributed by atoms with Crippen LogP contribution in [0.15, 0.2) is 42.7 Å². The normalized spacial score (nSPS) is 10.9. The van der Waals surface area contributed by atoms with Crippen LogP contribution in [0, 0.1) is 0 Å². The Morgan fingerprint density at radius 1 is 1.35 bits per heavy atom. The van der Waals surface area contributed by atoms with Gasteiger partial charge in [-0.3, -0.25) is 4.79 Å². The summed E-state index contributed by atoms with van der Waals surface area (Å²) in [6, 6.07) is 9.89. The van der Waals surface area contributed by atoms with Gasteiger partial charge in [0.25, 0.3) is 0 Å². The van der Waals surface area contributed by atoms with Crippen molar-refractivity contribution in [1.82, 2.24) is 14.8 Å². The van der Waals surface area contributed by atoms with Crippen molar-refractivity contribution >= 4 is 16.8 Å². The highest BCUT2D eigenvalue weighted by atomic mass is 16.2. The molecule has 0 amide bonds. The van der Waals surface area contributed by atoms with Crippen molar-refractivity contribution in [2.75, 3.05) is 0 Å². The standard InChI is InChI=1S/C13H11N3O/c1-9(17)16-13-5-4-10(7-11(13)8-15-16)12-3-2-6-14-12/h2-8,14H,1H3. The van der Waals surface area contributed by atoms with E-state index in [0.29, 0.717) is 0 Å². The van der Waals surface area contributed by atoms with Crippen molar-refractivity contribution in [1.29, 1.82) is 0 Å². The molecule has 2 aromatic heterocycles. The van der Waals surface area contributed by atoms with Crippen LogP contribution < -0.4 is 0 Å². The number of aromatic nitrogens is 3. The van der Waals surface area contributed by atoms with Crippen LogP contribution >= 0.6 is 0 Å². The maximum absolute atomic E-state index is 11.3. The predicted molar refractivity (Wildman–Crippen MR) is 65.8 cm³/mol. The van der Waals surface area contributed by atoms with Crippen LogP contribution in [0.1, 0.15) is 11.7 Å². The zero-order chi connectivity index (χ0) is 11.8. The van der Waals surface area contributed by atoms with E-state index >= 15 is 0 Å². The van der Waals surface area contributed by atoms with E-state index in [0.717, 1.165) is 22.2 Å². The smallest absolute Gasteiger partial charge is 0.244 e.